The molecule has 0 aliphatic heterocycles. The molecule has 0 atom stereocenters. The van der Waals surface area contributed by atoms with Crippen LogP contribution in [0.1, 0.15) is 44.6 Å². The molecule has 4 rings (SSSR count). The molecule has 2 aromatic rings. The molecule has 2 fully saturated rings. The van der Waals surface area contributed by atoms with E-state index in [1.54, 1.807) is 0 Å². The van der Waals surface area contributed by atoms with Crippen molar-refractivity contribution in [2.24, 2.45) is 5.41 Å². The first-order valence-electron chi connectivity index (χ1n) is 10.5. The van der Waals surface area contributed by atoms with Gasteiger partial charge in [-0.1, -0.05) is 74.2 Å². The topological polar surface area (TPSA) is 12.0 Å². The number of halogens is 3. The average molecular weight is 419 g/mol. The van der Waals surface area contributed by atoms with E-state index in [9.17, 15) is 13.2 Å². The fourth-order valence-electron chi connectivity index (χ4n) is 3.00. The van der Waals surface area contributed by atoms with Gasteiger partial charge in [-0.2, -0.15) is 11.8 Å². The quantitative estimate of drug-likeness (QED) is 0.388. The first-order valence-corrected chi connectivity index (χ1v) is 10.5. The second-order valence-corrected chi connectivity index (χ2v) is 8.49. The first-order chi connectivity index (χ1) is 14.3. The van der Waals surface area contributed by atoms with Crippen molar-refractivity contribution in [3.63, 3.8) is 0 Å². The number of allylic oxidation sites excluding steroid dienone is 1. The molecule has 2 aliphatic carbocycles. The van der Waals surface area contributed by atoms with Gasteiger partial charge in [-0.15, -0.1) is 0 Å². The second-order valence-electron chi connectivity index (χ2n) is 8.49. The van der Waals surface area contributed by atoms with Crippen LogP contribution in [0.5, 0.6) is 0 Å². The molecule has 162 valence electrons. The Morgan fingerprint density at radius 3 is 2.35 bits per heavy atom. The van der Waals surface area contributed by atoms with E-state index in [2.05, 4.69) is 24.9 Å². The third-order valence-corrected chi connectivity index (χ3v) is 5.23. The Kier molecular flexibility index (Phi) is 9.34. The summed E-state index contributed by atoms with van der Waals surface area (Å²) in [5.41, 5.74) is 3.77. The Hall–Kier alpha value is -1.63. The first kappa shape index (κ1) is 25.6. The molecular weight excluding hydrogens is 390 g/mol. The smallest absolute Gasteiger partial charge is 0.563 e. The van der Waals surface area contributed by atoms with Crippen molar-refractivity contribution >= 4 is 0 Å². The minimum atomic E-state index is -2.62. The number of hydrogen-bond donors (Lipinski definition) is 1. The number of benzene rings is 2. The summed E-state index contributed by atoms with van der Waals surface area (Å²) in [6.45, 7) is 4.75. The number of hydrogen-bond acceptors (Lipinski definition) is 1. The Balaban J connectivity index is 0.000000264. The zero-order valence-electron chi connectivity index (χ0n) is 18.5. The molecule has 0 spiro atoms. The van der Waals surface area contributed by atoms with Crippen molar-refractivity contribution < 1.29 is 32.0 Å². The van der Waals surface area contributed by atoms with Crippen LogP contribution in [-0.2, 0) is 6.42 Å². The molecule has 31 heavy (non-hydrogen) atoms. The molecule has 1 nitrogen and oxygen atoms in total. The summed E-state index contributed by atoms with van der Waals surface area (Å²) in [7, 11) is 0. The molecular formula is C26H29F3LiN-2. The van der Waals surface area contributed by atoms with Gasteiger partial charge in [0, 0.05) is 19.0 Å². The number of rotatable bonds is 8. The average Bonchev–Trinajstić information content (AvgIpc) is 3.63. The van der Waals surface area contributed by atoms with Gasteiger partial charge in [0.1, 0.15) is 5.82 Å². The van der Waals surface area contributed by atoms with Gasteiger partial charge in [-0.3, -0.25) is 0 Å². The second kappa shape index (κ2) is 11.3. The van der Waals surface area contributed by atoms with E-state index in [0.717, 1.165) is 42.9 Å². The van der Waals surface area contributed by atoms with Gasteiger partial charge in [0.25, 0.3) is 5.92 Å². The molecule has 0 heterocycles. The van der Waals surface area contributed by atoms with Crippen molar-refractivity contribution in [2.45, 2.75) is 51.4 Å². The van der Waals surface area contributed by atoms with Crippen molar-refractivity contribution in [2.75, 3.05) is 6.54 Å². The molecule has 2 aromatic carbocycles. The maximum absolute atomic E-state index is 14.6. The summed E-state index contributed by atoms with van der Waals surface area (Å²) < 4.78 is 38.7. The molecule has 0 aromatic heterocycles. The summed E-state index contributed by atoms with van der Waals surface area (Å²) in [6.07, 6.45) is 11.0. The molecule has 2 aliphatic rings. The normalized spacial score (nSPS) is 15.8. The van der Waals surface area contributed by atoms with Crippen molar-refractivity contribution in [3.8, 4) is 11.1 Å². The molecule has 0 saturated heterocycles. The summed E-state index contributed by atoms with van der Waals surface area (Å²) in [6, 6.07) is 15.4. The Morgan fingerprint density at radius 2 is 1.77 bits per heavy atom. The molecule has 5 heteroatoms. The minimum absolute atomic E-state index is 0. The van der Waals surface area contributed by atoms with Crippen molar-refractivity contribution in [3.05, 3.63) is 85.0 Å². The molecule has 2 saturated carbocycles. The third kappa shape index (κ3) is 9.17. The third-order valence-electron chi connectivity index (χ3n) is 5.23. The molecule has 0 bridgehead atoms. The fraction of sp³-hybridized carbons (Fsp3) is 0.385. The maximum atomic E-state index is 14.6. The summed E-state index contributed by atoms with van der Waals surface area (Å²) in [4.78, 5) is 0. The van der Waals surface area contributed by atoms with Gasteiger partial charge in [0.2, 0.25) is 0 Å². The largest absolute Gasteiger partial charge is 1.00 e. The molecule has 0 radical (unpaired) electrons. The number of nitrogens with one attached hydrogen (secondary N) is 1. The number of alkyl halides is 2. The van der Waals surface area contributed by atoms with E-state index < -0.39 is 5.92 Å². The zero-order valence-corrected chi connectivity index (χ0v) is 18.5. The Bertz CT molecular complexity index is 849. The Labute approximate surface area is 196 Å². The standard InChI is InChI=1S/C19H19F.C7H10F2N.Li/c1-19(13-14-19)12-6-10-16-9-5-11-17(18(16)20)15-7-3-2-4-8-15;1-7(8,9)5-10-4-6-2-3-6;/h2-9,11H,1,10,12-14H2;10H,2-3,5H2,1H3;/q-2;-1;+1. The van der Waals surface area contributed by atoms with Gasteiger partial charge in [0.15, 0.2) is 0 Å². The van der Waals surface area contributed by atoms with Crippen LogP contribution in [-0.4, -0.2) is 12.5 Å². The van der Waals surface area contributed by atoms with Gasteiger partial charge in [-0.25, -0.2) is 25.2 Å². The van der Waals surface area contributed by atoms with Crippen LogP contribution in [0.2, 0.25) is 0 Å². The van der Waals surface area contributed by atoms with Crippen LogP contribution in [0.15, 0.2) is 54.1 Å². The fourth-order valence-corrected chi connectivity index (χ4v) is 3.00. The predicted octanol–water partition coefficient (Wildman–Crippen LogP) is 3.96. The van der Waals surface area contributed by atoms with Crippen LogP contribution in [0.25, 0.3) is 11.1 Å². The van der Waals surface area contributed by atoms with Gasteiger partial charge >= 0.3 is 18.9 Å². The van der Waals surface area contributed by atoms with E-state index in [1.165, 1.54) is 12.8 Å². The van der Waals surface area contributed by atoms with Crippen LogP contribution in [0.3, 0.4) is 0 Å². The van der Waals surface area contributed by atoms with E-state index >= 15 is 0 Å². The Morgan fingerprint density at radius 1 is 1.10 bits per heavy atom. The zero-order chi connectivity index (χ0) is 21.6. The van der Waals surface area contributed by atoms with E-state index in [1.807, 2.05) is 48.5 Å². The summed E-state index contributed by atoms with van der Waals surface area (Å²) in [5, 5.41) is 2.45. The maximum Gasteiger partial charge on any atom is 1.00 e. The van der Waals surface area contributed by atoms with Crippen molar-refractivity contribution in [1.29, 1.82) is 0 Å². The summed E-state index contributed by atoms with van der Waals surface area (Å²) >= 11 is 0. The van der Waals surface area contributed by atoms with Crippen LogP contribution >= 0.6 is 0 Å². The van der Waals surface area contributed by atoms with Gasteiger partial charge < -0.3 is 24.9 Å². The molecule has 0 amide bonds. The minimum Gasteiger partial charge on any atom is -0.563 e. The van der Waals surface area contributed by atoms with E-state index in [-0.39, 0.29) is 36.6 Å². The van der Waals surface area contributed by atoms with Gasteiger partial charge in [-0.05, 0) is 11.1 Å². The van der Waals surface area contributed by atoms with Crippen LogP contribution < -0.4 is 24.2 Å². The van der Waals surface area contributed by atoms with Crippen LogP contribution in [0, 0.1) is 30.8 Å². The van der Waals surface area contributed by atoms with Crippen LogP contribution in [0.4, 0.5) is 13.2 Å². The van der Waals surface area contributed by atoms with E-state index in [0.29, 0.717) is 12.0 Å². The molecule has 0 unspecified atom stereocenters. The summed E-state index contributed by atoms with van der Waals surface area (Å²) in [5.74, 6) is -2.72. The molecule has 1 N–H and O–H groups in total. The predicted molar refractivity (Wildman–Crippen MR) is 116 cm³/mol. The van der Waals surface area contributed by atoms with Crippen molar-refractivity contribution in [1.82, 2.24) is 5.32 Å². The monoisotopic (exact) mass is 419 g/mol. The van der Waals surface area contributed by atoms with Gasteiger partial charge in [0.05, 0.1) is 0 Å². The van der Waals surface area contributed by atoms with E-state index in [4.69, 9.17) is 0 Å². The SMILES string of the molecule is CC(F)(F)CN[C-]=C1CC1.[CH2-]C1(C[CH-]Cc2cccc(-c3ccccc3)c2F)CC1.[Li+].